The first-order valence-electron chi connectivity index (χ1n) is 17.7. The van der Waals surface area contributed by atoms with E-state index < -0.39 is 6.29 Å². The second-order valence-electron chi connectivity index (χ2n) is 12.2. The summed E-state index contributed by atoms with van der Waals surface area (Å²) in [5.41, 5.74) is 3.46. The molecule has 0 saturated carbocycles. The molecule has 2 saturated heterocycles. The fourth-order valence-electron chi connectivity index (χ4n) is 5.83. The smallest absolute Gasteiger partial charge is 0.340 e. The Hall–Kier alpha value is -4.96. The molecule has 6 rings (SSSR count). The summed E-state index contributed by atoms with van der Waals surface area (Å²) in [4.78, 5) is 32.3. The fraction of sp³-hybridized carbons (Fsp3) is 0.385. The zero-order chi connectivity index (χ0) is 37.8. The van der Waals surface area contributed by atoms with Crippen LogP contribution in [0.2, 0.25) is 0 Å². The Morgan fingerprint density at radius 1 is 0.887 bits per heavy atom. The predicted molar refractivity (Wildman–Crippen MR) is 204 cm³/mol. The van der Waals surface area contributed by atoms with Crippen LogP contribution in [0.4, 0.5) is 0 Å². The Bertz CT molecular complexity index is 1840. The van der Waals surface area contributed by atoms with Crippen molar-refractivity contribution in [2.75, 3.05) is 32.9 Å². The van der Waals surface area contributed by atoms with Crippen molar-refractivity contribution in [2.45, 2.75) is 65.4 Å². The van der Waals surface area contributed by atoms with Gasteiger partial charge in [-0.3, -0.25) is 19.8 Å². The van der Waals surface area contributed by atoms with Crippen LogP contribution in [0, 0.1) is 0 Å². The van der Waals surface area contributed by atoms with Crippen molar-refractivity contribution < 1.29 is 19.3 Å². The monoisotopic (exact) mass is 728 g/mol. The van der Waals surface area contributed by atoms with Gasteiger partial charge in [0.1, 0.15) is 11.6 Å². The van der Waals surface area contributed by atoms with Crippen LogP contribution in [0.3, 0.4) is 0 Å². The first-order valence-corrected chi connectivity index (χ1v) is 17.7. The first-order chi connectivity index (χ1) is 25.9. The van der Waals surface area contributed by atoms with Gasteiger partial charge in [0.2, 0.25) is 0 Å². The van der Waals surface area contributed by atoms with E-state index in [1.54, 1.807) is 6.08 Å². The van der Waals surface area contributed by atoms with Gasteiger partial charge in [-0.15, -0.1) is 0 Å². The Kier molecular flexibility index (Phi) is 17.1. The molecule has 0 bridgehead atoms. The van der Waals surface area contributed by atoms with Crippen LogP contribution >= 0.6 is 0 Å². The molecule has 14 heteroatoms. The summed E-state index contributed by atoms with van der Waals surface area (Å²) >= 11 is 0. The number of hydrogen-bond donors (Lipinski definition) is 5. The first kappa shape index (κ1) is 40.8. The molecule has 0 amide bonds. The van der Waals surface area contributed by atoms with E-state index in [2.05, 4.69) is 58.9 Å². The number of hydrogen-bond acceptors (Lipinski definition) is 10. The molecule has 4 aromatic rings. The van der Waals surface area contributed by atoms with Gasteiger partial charge >= 0.3 is 11.4 Å². The van der Waals surface area contributed by atoms with Gasteiger partial charge in [0.25, 0.3) is 0 Å². The van der Waals surface area contributed by atoms with Crippen LogP contribution in [-0.2, 0) is 40.5 Å². The zero-order valence-electron chi connectivity index (χ0n) is 30.7. The van der Waals surface area contributed by atoms with Gasteiger partial charge in [0, 0.05) is 13.1 Å². The maximum atomic E-state index is 11.4. The Morgan fingerprint density at radius 2 is 1.51 bits per heavy atom. The molecule has 0 unspecified atom stereocenters. The summed E-state index contributed by atoms with van der Waals surface area (Å²) in [5, 5.41) is 22.0. The molecule has 0 spiro atoms. The van der Waals surface area contributed by atoms with Crippen LogP contribution in [-0.4, -0.2) is 90.5 Å². The van der Waals surface area contributed by atoms with E-state index in [0.717, 1.165) is 23.2 Å². The van der Waals surface area contributed by atoms with E-state index in [9.17, 15) is 14.7 Å². The normalized spacial score (nSPS) is 19.8. The summed E-state index contributed by atoms with van der Waals surface area (Å²) < 4.78 is 17.7. The minimum Gasteiger partial charge on any atom is -0.392 e. The number of H-pyrrole nitrogens is 4. The Labute approximate surface area is 309 Å². The van der Waals surface area contributed by atoms with Crippen molar-refractivity contribution in [1.82, 2.24) is 40.2 Å². The van der Waals surface area contributed by atoms with Gasteiger partial charge in [-0.05, 0) is 43.0 Å². The topological polar surface area (TPSA) is 177 Å². The van der Waals surface area contributed by atoms with E-state index in [-0.39, 0.29) is 30.1 Å². The van der Waals surface area contributed by atoms with Crippen molar-refractivity contribution in [3.05, 3.63) is 153 Å². The largest absolute Gasteiger partial charge is 0.392 e. The molecule has 2 fully saturated rings. The fourth-order valence-corrected chi connectivity index (χ4v) is 5.83. The van der Waals surface area contributed by atoms with Crippen LogP contribution < -0.4 is 11.4 Å². The highest BCUT2D eigenvalue weighted by Gasteiger charge is 2.35. The number of ether oxygens (including phenoxy) is 3. The van der Waals surface area contributed by atoms with Gasteiger partial charge in [-0.1, -0.05) is 97.6 Å². The minimum atomic E-state index is -0.510. The lowest BCUT2D eigenvalue weighted by Gasteiger charge is -2.41. The van der Waals surface area contributed by atoms with Crippen LogP contribution in [0.25, 0.3) is 0 Å². The van der Waals surface area contributed by atoms with Crippen molar-refractivity contribution in [3.8, 4) is 0 Å². The molecule has 0 aliphatic carbocycles. The molecule has 2 aromatic carbocycles. The summed E-state index contributed by atoms with van der Waals surface area (Å²) in [7, 11) is 0. The van der Waals surface area contributed by atoms with Crippen LogP contribution in [0.15, 0.2) is 113 Å². The van der Waals surface area contributed by atoms with Crippen LogP contribution in [0.1, 0.15) is 55.2 Å². The number of aliphatic hydroxyl groups excluding tert-OH is 1. The third-order valence-corrected chi connectivity index (χ3v) is 8.51. The van der Waals surface area contributed by atoms with Gasteiger partial charge in [-0.25, -0.2) is 19.8 Å². The summed E-state index contributed by atoms with van der Waals surface area (Å²) in [6.45, 7) is 14.6. The molecule has 2 aliphatic rings. The summed E-state index contributed by atoms with van der Waals surface area (Å²) in [6.07, 6.45) is 11.1. The predicted octanol–water partition coefficient (Wildman–Crippen LogP) is 4.28. The Morgan fingerprint density at radius 3 is 2.08 bits per heavy atom. The van der Waals surface area contributed by atoms with E-state index in [0.29, 0.717) is 57.7 Å². The number of benzene rings is 2. The molecule has 14 nitrogen and oxygen atoms in total. The number of rotatable bonds is 12. The molecule has 2 aliphatic heterocycles. The highest BCUT2D eigenvalue weighted by Crippen LogP contribution is 2.26. The SMILES string of the molecule is C/C=C\C.C=C/C=C(\C=C/C)[C@H]1[C@@H](OCc2ccc(CO)cc2)OCCN1Cc1n[nH]c(=O)[nH]1.O=c1[nH]nc(CN2CCOC[C@@H]2c2ccccc2)[nH]1. The highest BCUT2D eigenvalue weighted by molar-refractivity contribution is 5.30. The number of nitrogens with one attached hydrogen (secondary N) is 4. The molecule has 284 valence electrons. The number of morpholine rings is 2. The molecular weight excluding hydrogens is 676 g/mol. The maximum absolute atomic E-state index is 11.4. The third kappa shape index (κ3) is 12.9. The van der Waals surface area contributed by atoms with Crippen molar-refractivity contribution in [1.29, 1.82) is 0 Å². The maximum Gasteiger partial charge on any atom is 0.340 e. The lowest BCUT2D eigenvalue weighted by Crippen LogP contribution is -2.52. The van der Waals surface area contributed by atoms with Gasteiger partial charge in [-0.2, -0.15) is 10.2 Å². The Balaban J connectivity index is 0.000000232. The number of allylic oxidation sites excluding steroid dienone is 5. The van der Waals surface area contributed by atoms with Gasteiger partial charge < -0.3 is 19.3 Å². The van der Waals surface area contributed by atoms with Gasteiger partial charge in [0.15, 0.2) is 6.29 Å². The summed E-state index contributed by atoms with van der Waals surface area (Å²) in [6, 6.07) is 17.9. The molecule has 53 heavy (non-hydrogen) atoms. The standard InChI is InChI=1S/C22H28N4O4.C13H16N4O2.C4H8/c1-3-5-18(6-4-2)20-21(30-15-17-9-7-16(14-27)8-10-17)29-12-11-26(20)13-19-23-22(28)25-24-19;18-13-14-12(15-16-13)8-17-6-7-19-9-11(17)10-4-2-1-3-5-10;1-3-4-2/h3-10,20-21,27H,1,11-15H2,2H3,(H2,23,24,25,28);1-5,11H,6-9H2,(H2,14,15,16,18);3-4H,1-2H3/b6-4-,18-5+;;4-3-/t20-,21+;11-;/m01./s1. The average molecular weight is 729 g/mol. The van der Waals surface area contributed by atoms with Crippen molar-refractivity contribution in [2.24, 2.45) is 0 Å². The number of aromatic amines is 4. The average Bonchev–Trinajstić information content (AvgIpc) is 3.81. The van der Waals surface area contributed by atoms with Crippen molar-refractivity contribution in [3.63, 3.8) is 0 Å². The van der Waals surface area contributed by atoms with E-state index in [1.165, 1.54) is 5.56 Å². The summed E-state index contributed by atoms with van der Waals surface area (Å²) in [5.74, 6) is 1.22. The second kappa shape index (κ2) is 22.2. The van der Waals surface area contributed by atoms with Crippen molar-refractivity contribution >= 4 is 0 Å². The third-order valence-electron chi connectivity index (χ3n) is 8.51. The molecular formula is C39H52N8O6. The number of nitrogens with zero attached hydrogens (tertiary/aromatic N) is 4. The minimum absolute atomic E-state index is 0.0122. The zero-order valence-corrected chi connectivity index (χ0v) is 30.7. The van der Waals surface area contributed by atoms with E-state index in [4.69, 9.17) is 14.2 Å². The molecule has 2 aromatic heterocycles. The second-order valence-corrected chi connectivity index (χ2v) is 12.2. The quantitative estimate of drug-likeness (QED) is 0.105. The lowest BCUT2D eigenvalue weighted by atomic mass is 10.0. The number of aromatic nitrogens is 6. The van der Waals surface area contributed by atoms with E-state index in [1.807, 2.05) is 93.6 Å². The van der Waals surface area contributed by atoms with Gasteiger partial charge in [0.05, 0.1) is 58.2 Å². The van der Waals surface area contributed by atoms with Crippen LogP contribution in [0.5, 0.6) is 0 Å². The number of aliphatic hydroxyl groups is 1. The lowest BCUT2D eigenvalue weighted by molar-refractivity contribution is -0.207. The molecule has 4 heterocycles. The van der Waals surface area contributed by atoms with E-state index >= 15 is 0 Å². The molecule has 0 radical (unpaired) electrons. The molecule has 3 atom stereocenters. The highest BCUT2D eigenvalue weighted by atomic mass is 16.7. The molecule has 5 N–H and O–H groups in total.